The maximum Gasteiger partial charge on any atom is 0.335 e. The molecule has 0 aliphatic carbocycles. The summed E-state index contributed by atoms with van der Waals surface area (Å²) >= 11 is 1.71. The molecule has 0 atom stereocenters. The number of carboxylic acid groups (broad SMARTS) is 1. The standard InChI is InChI=1S/C18H20N2O2S/c1-11-8-16(23-10-11)17-13(4-2-3-7-19)14-9-12(18(21)22)5-6-15(14)20-17/h5-6,8-10,20H,2-4,7,19H2,1H3,(H,21,22). The van der Waals surface area contributed by atoms with Crippen molar-refractivity contribution in [2.45, 2.75) is 26.2 Å². The van der Waals surface area contributed by atoms with E-state index in [1.165, 1.54) is 16.0 Å². The third kappa shape index (κ3) is 3.16. The molecule has 23 heavy (non-hydrogen) atoms. The molecule has 1 aromatic carbocycles. The first-order valence-electron chi connectivity index (χ1n) is 7.73. The maximum absolute atomic E-state index is 11.3. The Kier molecular flexibility index (Phi) is 4.50. The van der Waals surface area contributed by atoms with E-state index in [0.717, 1.165) is 35.9 Å². The van der Waals surface area contributed by atoms with Crippen molar-refractivity contribution in [1.82, 2.24) is 4.98 Å². The third-order valence-electron chi connectivity index (χ3n) is 4.01. The van der Waals surface area contributed by atoms with Gasteiger partial charge in [0.1, 0.15) is 0 Å². The molecule has 0 bridgehead atoms. The summed E-state index contributed by atoms with van der Waals surface area (Å²) in [6.07, 6.45) is 2.86. The van der Waals surface area contributed by atoms with Crippen molar-refractivity contribution in [3.05, 3.63) is 46.3 Å². The summed E-state index contributed by atoms with van der Waals surface area (Å²) in [5.74, 6) is -0.894. The number of unbranched alkanes of at least 4 members (excludes halogenated alkanes) is 1. The van der Waals surface area contributed by atoms with Gasteiger partial charge in [-0.15, -0.1) is 11.3 Å². The number of aromatic amines is 1. The zero-order valence-electron chi connectivity index (χ0n) is 13.1. The first-order chi connectivity index (χ1) is 11.1. The molecule has 0 saturated heterocycles. The molecule has 0 aliphatic heterocycles. The van der Waals surface area contributed by atoms with Crippen molar-refractivity contribution in [2.75, 3.05) is 6.54 Å². The Morgan fingerprint density at radius 1 is 1.30 bits per heavy atom. The Morgan fingerprint density at radius 2 is 2.13 bits per heavy atom. The average Bonchev–Trinajstić information content (AvgIpc) is 3.11. The highest BCUT2D eigenvalue weighted by molar-refractivity contribution is 7.13. The van der Waals surface area contributed by atoms with Crippen LogP contribution in [0.4, 0.5) is 0 Å². The lowest BCUT2D eigenvalue weighted by atomic mass is 10.0. The number of hydrogen-bond acceptors (Lipinski definition) is 3. The van der Waals surface area contributed by atoms with Gasteiger partial charge in [0.25, 0.3) is 0 Å². The van der Waals surface area contributed by atoms with Crippen molar-refractivity contribution >= 4 is 28.2 Å². The van der Waals surface area contributed by atoms with Gasteiger partial charge in [0.2, 0.25) is 0 Å². The van der Waals surface area contributed by atoms with Crippen LogP contribution in [0.3, 0.4) is 0 Å². The molecule has 0 amide bonds. The van der Waals surface area contributed by atoms with E-state index in [4.69, 9.17) is 5.73 Å². The van der Waals surface area contributed by atoms with E-state index >= 15 is 0 Å². The van der Waals surface area contributed by atoms with Crippen LogP contribution in [0.2, 0.25) is 0 Å². The quantitative estimate of drug-likeness (QED) is 0.594. The van der Waals surface area contributed by atoms with Crippen LogP contribution in [0.15, 0.2) is 29.6 Å². The summed E-state index contributed by atoms with van der Waals surface area (Å²) in [7, 11) is 0. The average molecular weight is 328 g/mol. The molecule has 3 rings (SSSR count). The zero-order chi connectivity index (χ0) is 16.4. The molecule has 5 heteroatoms. The number of carbonyl (C=O) groups is 1. The smallest absolute Gasteiger partial charge is 0.335 e. The fraction of sp³-hybridized carbons (Fsp3) is 0.278. The Hall–Kier alpha value is -2.11. The van der Waals surface area contributed by atoms with Crippen LogP contribution in [-0.2, 0) is 6.42 Å². The molecule has 2 heterocycles. The van der Waals surface area contributed by atoms with Crippen molar-refractivity contribution in [3.63, 3.8) is 0 Å². The first-order valence-corrected chi connectivity index (χ1v) is 8.61. The van der Waals surface area contributed by atoms with Gasteiger partial charge in [-0.05, 0) is 73.5 Å². The molecule has 0 radical (unpaired) electrons. The van der Waals surface area contributed by atoms with Crippen LogP contribution in [0.5, 0.6) is 0 Å². The van der Waals surface area contributed by atoms with Gasteiger partial charge in [-0.2, -0.15) is 0 Å². The van der Waals surface area contributed by atoms with Gasteiger partial charge in [0, 0.05) is 10.9 Å². The minimum atomic E-state index is -0.894. The van der Waals surface area contributed by atoms with Crippen molar-refractivity contribution in [3.8, 4) is 10.6 Å². The molecule has 0 fully saturated rings. The van der Waals surface area contributed by atoms with Crippen LogP contribution >= 0.6 is 11.3 Å². The summed E-state index contributed by atoms with van der Waals surface area (Å²) < 4.78 is 0. The van der Waals surface area contributed by atoms with E-state index in [0.29, 0.717) is 12.1 Å². The number of carboxylic acids is 1. The van der Waals surface area contributed by atoms with E-state index < -0.39 is 5.97 Å². The summed E-state index contributed by atoms with van der Waals surface area (Å²) in [4.78, 5) is 15.9. The highest BCUT2D eigenvalue weighted by Gasteiger charge is 2.16. The number of nitrogens with two attached hydrogens (primary N) is 1. The summed E-state index contributed by atoms with van der Waals surface area (Å²) in [6.45, 7) is 2.76. The second-order valence-corrected chi connectivity index (χ2v) is 6.69. The molecule has 3 aromatic rings. The number of aryl methyl sites for hydroxylation is 2. The van der Waals surface area contributed by atoms with Gasteiger partial charge in [0.15, 0.2) is 0 Å². The van der Waals surface area contributed by atoms with Gasteiger partial charge in [0.05, 0.1) is 16.1 Å². The fourth-order valence-electron chi connectivity index (χ4n) is 2.86. The number of aromatic nitrogens is 1. The highest BCUT2D eigenvalue weighted by Crippen LogP contribution is 2.35. The molecular formula is C18H20N2O2S. The molecule has 0 spiro atoms. The number of hydrogen-bond donors (Lipinski definition) is 3. The normalized spacial score (nSPS) is 11.2. The summed E-state index contributed by atoms with van der Waals surface area (Å²) in [5.41, 5.74) is 10.5. The zero-order valence-corrected chi connectivity index (χ0v) is 13.9. The monoisotopic (exact) mass is 328 g/mol. The molecular weight excluding hydrogens is 308 g/mol. The Labute approximate surface area is 139 Å². The van der Waals surface area contributed by atoms with E-state index in [-0.39, 0.29) is 0 Å². The predicted molar refractivity (Wildman–Crippen MR) is 95.3 cm³/mol. The van der Waals surface area contributed by atoms with Crippen molar-refractivity contribution in [1.29, 1.82) is 0 Å². The number of aromatic carboxylic acids is 1. The van der Waals surface area contributed by atoms with E-state index in [1.54, 1.807) is 23.5 Å². The minimum absolute atomic E-state index is 0.325. The minimum Gasteiger partial charge on any atom is -0.478 e. The molecule has 0 unspecified atom stereocenters. The number of rotatable bonds is 6. The number of fused-ring (bicyclic) bond motifs is 1. The Bertz CT molecular complexity index is 848. The van der Waals surface area contributed by atoms with E-state index in [9.17, 15) is 9.90 Å². The van der Waals surface area contributed by atoms with Crippen LogP contribution in [0, 0.1) is 6.92 Å². The lowest BCUT2D eigenvalue weighted by Crippen LogP contribution is -1.99. The maximum atomic E-state index is 11.3. The Balaban J connectivity index is 2.13. The Morgan fingerprint density at radius 3 is 2.78 bits per heavy atom. The lowest BCUT2D eigenvalue weighted by molar-refractivity contribution is 0.0697. The van der Waals surface area contributed by atoms with Gasteiger partial charge >= 0.3 is 5.97 Å². The molecule has 0 aliphatic rings. The number of H-pyrrole nitrogens is 1. The van der Waals surface area contributed by atoms with Gasteiger partial charge in [-0.1, -0.05) is 0 Å². The molecule has 4 nitrogen and oxygen atoms in total. The SMILES string of the molecule is Cc1csc(-c2[nH]c3ccc(C(=O)O)cc3c2CCCCN)c1. The number of benzene rings is 1. The molecule has 4 N–H and O–H groups in total. The highest BCUT2D eigenvalue weighted by atomic mass is 32.1. The predicted octanol–water partition coefficient (Wildman–Crippen LogP) is 4.18. The second-order valence-electron chi connectivity index (χ2n) is 5.78. The van der Waals surface area contributed by atoms with Gasteiger partial charge in [-0.25, -0.2) is 4.79 Å². The van der Waals surface area contributed by atoms with Crippen molar-refractivity contribution in [2.24, 2.45) is 5.73 Å². The molecule has 2 aromatic heterocycles. The fourth-order valence-corrected chi connectivity index (χ4v) is 3.79. The first kappa shape index (κ1) is 15.8. The van der Waals surface area contributed by atoms with Crippen LogP contribution in [0.1, 0.15) is 34.3 Å². The van der Waals surface area contributed by atoms with Gasteiger partial charge in [-0.3, -0.25) is 0 Å². The van der Waals surface area contributed by atoms with Crippen LogP contribution < -0.4 is 5.73 Å². The summed E-state index contributed by atoms with van der Waals surface area (Å²) in [6, 6.07) is 7.44. The van der Waals surface area contributed by atoms with E-state index in [1.807, 2.05) is 6.07 Å². The third-order valence-corrected chi connectivity index (χ3v) is 5.08. The molecule has 120 valence electrons. The van der Waals surface area contributed by atoms with Crippen LogP contribution in [0.25, 0.3) is 21.5 Å². The molecule has 0 saturated carbocycles. The summed E-state index contributed by atoms with van der Waals surface area (Å²) in [5, 5.41) is 12.4. The van der Waals surface area contributed by atoms with Crippen molar-refractivity contribution < 1.29 is 9.90 Å². The number of thiophene rings is 1. The van der Waals surface area contributed by atoms with Gasteiger partial charge < -0.3 is 15.8 Å². The topological polar surface area (TPSA) is 79.1 Å². The lowest BCUT2D eigenvalue weighted by Gasteiger charge is -2.03. The second kappa shape index (κ2) is 6.56. The number of nitrogens with one attached hydrogen (secondary N) is 1. The van der Waals surface area contributed by atoms with E-state index in [2.05, 4.69) is 23.4 Å². The van der Waals surface area contributed by atoms with Crippen LogP contribution in [-0.4, -0.2) is 22.6 Å². The largest absolute Gasteiger partial charge is 0.478 e.